The van der Waals surface area contributed by atoms with Crippen LogP contribution in [0, 0.1) is 28.6 Å². The number of allylic oxidation sites excluding steroid dienone is 1. The van der Waals surface area contributed by atoms with Crippen molar-refractivity contribution in [2.75, 3.05) is 0 Å². The molecule has 4 aliphatic carbocycles. The molecule has 0 radical (unpaired) electrons. The fraction of sp³-hybridized carbons (Fsp3) is 0.737. The van der Waals surface area contributed by atoms with E-state index in [0.29, 0.717) is 36.4 Å². The summed E-state index contributed by atoms with van der Waals surface area (Å²) in [5.41, 5.74) is 0.550. The van der Waals surface area contributed by atoms with Crippen molar-refractivity contribution in [2.45, 2.75) is 58.3 Å². The van der Waals surface area contributed by atoms with Gasteiger partial charge in [0, 0.05) is 18.3 Å². The van der Waals surface area contributed by atoms with Gasteiger partial charge in [-0.1, -0.05) is 12.5 Å². The molecular weight excluding hydrogens is 276 g/mol. The highest BCUT2D eigenvalue weighted by Crippen LogP contribution is 2.63. The molecule has 4 rings (SSSR count). The molecule has 4 aliphatic rings. The normalized spacial score (nSPS) is 47.3. The van der Waals surface area contributed by atoms with E-state index in [4.69, 9.17) is 0 Å². The molecule has 0 bridgehead atoms. The second-order valence-corrected chi connectivity index (χ2v) is 8.13. The second-order valence-electron chi connectivity index (χ2n) is 8.13. The molecule has 0 aromatic heterocycles. The number of fused-ring (bicyclic) bond motifs is 5. The predicted molar refractivity (Wildman–Crippen MR) is 82.1 cm³/mol. The SMILES string of the molecule is C[C@@]12CC[C@@H]3[C@@H](CCC4=CC(=O)CC[C@@]43C=O)[C@H]1CCC2=O. The van der Waals surface area contributed by atoms with Crippen LogP contribution in [0.3, 0.4) is 0 Å². The van der Waals surface area contributed by atoms with Crippen LogP contribution < -0.4 is 0 Å². The lowest BCUT2D eigenvalue weighted by Gasteiger charge is -2.55. The predicted octanol–water partition coefficient (Wildman–Crippen LogP) is 3.27. The Labute approximate surface area is 131 Å². The Morgan fingerprint density at radius 3 is 2.64 bits per heavy atom. The van der Waals surface area contributed by atoms with Crippen LogP contribution in [0.25, 0.3) is 0 Å². The van der Waals surface area contributed by atoms with Gasteiger partial charge in [0.15, 0.2) is 5.78 Å². The summed E-state index contributed by atoms with van der Waals surface area (Å²) >= 11 is 0. The topological polar surface area (TPSA) is 51.2 Å². The van der Waals surface area contributed by atoms with Gasteiger partial charge in [0.25, 0.3) is 0 Å². The molecule has 0 aliphatic heterocycles. The first-order chi connectivity index (χ1) is 10.5. The summed E-state index contributed by atoms with van der Waals surface area (Å²) in [6.07, 6.45) is 9.65. The standard InChI is InChI=1S/C19H24O3/c1-18-8-7-16-14(15(18)4-5-17(18)22)3-2-12-10-13(21)6-9-19(12,16)11-20/h10-11,14-16H,2-9H2,1H3/t14-,15+,16+,18+,19+/m0/s1. The van der Waals surface area contributed by atoms with Crippen molar-refractivity contribution in [1.82, 2.24) is 0 Å². The van der Waals surface area contributed by atoms with E-state index in [-0.39, 0.29) is 11.2 Å². The molecule has 0 N–H and O–H groups in total. The van der Waals surface area contributed by atoms with E-state index < -0.39 is 5.41 Å². The van der Waals surface area contributed by atoms with Gasteiger partial charge in [0.05, 0.1) is 5.41 Å². The van der Waals surface area contributed by atoms with Crippen LogP contribution in [0.15, 0.2) is 11.6 Å². The Hall–Kier alpha value is -1.25. The van der Waals surface area contributed by atoms with Gasteiger partial charge in [-0.15, -0.1) is 0 Å². The van der Waals surface area contributed by atoms with Crippen LogP contribution in [0.4, 0.5) is 0 Å². The highest BCUT2D eigenvalue weighted by Gasteiger charge is 2.60. The van der Waals surface area contributed by atoms with E-state index >= 15 is 0 Å². The summed E-state index contributed by atoms with van der Waals surface area (Å²) in [6.45, 7) is 2.16. The monoisotopic (exact) mass is 300 g/mol. The average molecular weight is 300 g/mol. The van der Waals surface area contributed by atoms with Gasteiger partial charge in [0.2, 0.25) is 0 Å². The lowest BCUT2D eigenvalue weighted by atomic mass is 9.47. The van der Waals surface area contributed by atoms with Crippen LogP contribution in [0.2, 0.25) is 0 Å². The molecule has 0 spiro atoms. The van der Waals surface area contributed by atoms with Crippen LogP contribution in [0.1, 0.15) is 58.3 Å². The summed E-state index contributed by atoms with van der Waals surface area (Å²) in [6, 6.07) is 0. The highest BCUT2D eigenvalue weighted by atomic mass is 16.1. The Balaban J connectivity index is 1.74. The zero-order valence-electron chi connectivity index (χ0n) is 13.3. The number of carbonyl (C=O) groups is 3. The quantitative estimate of drug-likeness (QED) is 0.698. The first-order valence-electron chi connectivity index (χ1n) is 8.75. The van der Waals surface area contributed by atoms with Gasteiger partial charge in [-0.25, -0.2) is 0 Å². The molecule has 0 aromatic carbocycles. The van der Waals surface area contributed by atoms with Gasteiger partial charge < -0.3 is 4.79 Å². The molecule has 3 heteroatoms. The minimum atomic E-state index is -0.399. The number of hydrogen-bond acceptors (Lipinski definition) is 3. The number of aldehydes is 1. The molecule has 0 unspecified atom stereocenters. The molecule has 3 nitrogen and oxygen atoms in total. The van der Waals surface area contributed by atoms with Crippen molar-refractivity contribution in [3.05, 3.63) is 11.6 Å². The zero-order chi connectivity index (χ0) is 15.5. The van der Waals surface area contributed by atoms with Crippen molar-refractivity contribution in [2.24, 2.45) is 28.6 Å². The van der Waals surface area contributed by atoms with Crippen molar-refractivity contribution < 1.29 is 14.4 Å². The van der Waals surface area contributed by atoms with E-state index in [1.54, 1.807) is 6.08 Å². The Morgan fingerprint density at radius 1 is 1.05 bits per heavy atom. The molecule has 3 fully saturated rings. The molecule has 5 atom stereocenters. The van der Waals surface area contributed by atoms with E-state index in [2.05, 4.69) is 6.92 Å². The fourth-order valence-corrected chi connectivity index (χ4v) is 6.26. The molecule has 0 aromatic rings. The maximum Gasteiger partial charge on any atom is 0.155 e. The minimum Gasteiger partial charge on any atom is -0.302 e. The van der Waals surface area contributed by atoms with Gasteiger partial charge in [-0.3, -0.25) is 9.59 Å². The minimum absolute atomic E-state index is 0.142. The zero-order valence-corrected chi connectivity index (χ0v) is 13.3. The van der Waals surface area contributed by atoms with E-state index in [1.165, 1.54) is 0 Å². The molecule has 0 amide bonds. The summed E-state index contributed by atoms with van der Waals surface area (Å²) < 4.78 is 0. The molecule has 0 saturated heterocycles. The number of ketones is 2. The van der Waals surface area contributed by atoms with E-state index in [0.717, 1.165) is 50.4 Å². The maximum atomic E-state index is 12.4. The van der Waals surface area contributed by atoms with Crippen LogP contribution >= 0.6 is 0 Å². The molecule has 118 valence electrons. The molecule has 0 heterocycles. The van der Waals surface area contributed by atoms with E-state index in [1.807, 2.05) is 0 Å². The first kappa shape index (κ1) is 14.3. The van der Waals surface area contributed by atoms with E-state index in [9.17, 15) is 14.4 Å². The number of Topliss-reactive ketones (excluding diaryl/α,β-unsaturated/α-hetero) is 1. The van der Waals surface area contributed by atoms with Crippen molar-refractivity contribution >= 4 is 17.9 Å². The molecular formula is C19H24O3. The summed E-state index contributed by atoms with van der Waals surface area (Å²) in [7, 11) is 0. The lowest BCUT2D eigenvalue weighted by Crippen LogP contribution is -2.52. The van der Waals surface area contributed by atoms with Gasteiger partial charge in [-0.05, 0) is 62.4 Å². The third kappa shape index (κ3) is 1.65. The molecule has 3 saturated carbocycles. The maximum absolute atomic E-state index is 12.4. The molecule has 22 heavy (non-hydrogen) atoms. The Bertz CT molecular complexity index is 589. The van der Waals surface area contributed by atoms with Crippen molar-refractivity contribution in [3.63, 3.8) is 0 Å². The number of carbonyl (C=O) groups excluding carboxylic acids is 3. The van der Waals surface area contributed by atoms with Crippen LogP contribution in [0.5, 0.6) is 0 Å². The Kier molecular flexibility index (Phi) is 3.02. The lowest BCUT2D eigenvalue weighted by molar-refractivity contribution is -0.135. The first-order valence-corrected chi connectivity index (χ1v) is 8.75. The smallest absolute Gasteiger partial charge is 0.155 e. The highest BCUT2D eigenvalue weighted by molar-refractivity contribution is 5.93. The van der Waals surface area contributed by atoms with Crippen molar-refractivity contribution in [1.29, 1.82) is 0 Å². The Morgan fingerprint density at radius 2 is 1.86 bits per heavy atom. The third-order valence-corrected chi connectivity index (χ3v) is 7.48. The number of rotatable bonds is 1. The second kappa shape index (κ2) is 4.62. The fourth-order valence-electron chi connectivity index (χ4n) is 6.26. The summed E-state index contributed by atoms with van der Waals surface area (Å²) in [4.78, 5) is 36.2. The summed E-state index contributed by atoms with van der Waals surface area (Å²) in [5, 5.41) is 0. The van der Waals surface area contributed by atoms with Crippen LogP contribution in [-0.4, -0.2) is 17.9 Å². The largest absolute Gasteiger partial charge is 0.302 e. The van der Waals surface area contributed by atoms with Gasteiger partial charge in [-0.2, -0.15) is 0 Å². The van der Waals surface area contributed by atoms with Gasteiger partial charge >= 0.3 is 0 Å². The number of hydrogen-bond donors (Lipinski definition) is 0. The average Bonchev–Trinajstić information content (AvgIpc) is 2.82. The van der Waals surface area contributed by atoms with Gasteiger partial charge in [0.1, 0.15) is 12.1 Å². The summed E-state index contributed by atoms with van der Waals surface area (Å²) in [5.74, 6) is 1.91. The van der Waals surface area contributed by atoms with Crippen LogP contribution in [-0.2, 0) is 14.4 Å². The third-order valence-electron chi connectivity index (χ3n) is 7.48. The van der Waals surface area contributed by atoms with Crippen molar-refractivity contribution in [3.8, 4) is 0 Å².